The molecule has 2 N–H and O–H groups in total. The lowest BCUT2D eigenvalue weighted by Crippen LogP contribution is -3.07. The number of carbonyl (C=O) groups is 1. The zero-order valence-corrected chi connectivity index (χ0v) is 16.3. The van der Waals surface area contributed by atoms with Crippen LogP contribution in [0.4, 0.5) is 0 Å². The van der Waals surface area contributed by atoms with E-state index in [4.69, 9.17) is 9.47 Å². The monoisotopic (exact) mass is 407 g/mol. The van der Waals surface area contributed by atoms with E-state index in [2.05, 4.69) is 35.3 Å². The number of amides is 1. The molecule has 6 heteroatoms. The van der Waals surface area contributed by atoms with Crippen LogP contribution in [0.15, 0.2) is 53.0 Å². The lowest BCUT2D eigenvalue weighted by molar-refractivity contribution is -0.890. The van der Waals surface area contributed by atoms with Crippen molar-refractivity contribution in [2.24, 2.45) is 0 Å². The number of halogens is 1. The minimum absolute atomic E-state index is 0.00474. The Hall–Kier alpha value is -2.05. The molecular formula is C19H24BrN2O3+. The summed E-state index contributed by atoms with van der Waals surface area (Å²) in [4.78, 5) is 13.3. The van der Waals surface area contributed by atoms with Gasteiger partial charge in [0.1, 0.15) is 17.5 Å². The van der Waals surface area contributed by atoms with Gasteiger partial charge < -0.3 is 19.7 Å². The number of hydrogen-bond acceptors (Lipinski definition) is 3. The van der Waals surface area contributed by atoms with Crippen molar-refractivity contribution in [1.82, 2.24) is 5.32 Å². The number of nitrogens with one attached hydrogen (secondary N) is 2. The number of likely N-dealkylation sites (N-methyl/N-ethyl adjacent to an activating group) is 1. The van der Waals surface area contributed by atoms with Crippen LogP contribution in [0, 0.1) is 0 Å². The van der Waals surface area contributed by atoms with Crippen molar-refractivity contribution in [3.05, 3.63) is 58.6 Å². The molecule has 0 saturated carbocycles. The van der Waals surface area contributed by atoms with Gasteiger partial charge in [-0.3, -0.25) is 4.79 Å². The van der Waals surface area contributed by atoms with Crippen molar-refractivity contribution in [3.8, 4) is 11.5 Å². The summed E-state index contributed by atoms with van der Waals surface area (Å²) in [6, 6.07) is 15.4. The average molecular weight is 408 g/mol. The van der Waals surface area contributed by atoms with Crippen molar-refractivity contribution in [2.45, 2.75) is 6.04 Å². The van der Waals surface area contributed by atoms with Crippen LogP contribution in [0.1, 0.15) is 11.6 Å². The van der Waals surface area contributed by atoms with E-state index in [1.54, 1.807) is 7.11 Å². The molecule has 0 aliphatic rings. The Morgan fingerprint density at radius 1 is 1.16 bits per heavy atom. The van der Waals surface area contributed by atoms with Crippen molar-refractivity contribution >= 4 is 21.8 Å². The third-order valence-electron chi connectivity index (χ3n) is 3.88. The first-order valence-electron chi connectivity index (χ1n) is 8.08. The fourth-order valence-electron chi connectivity index (χ4n) is 2.46. The molecule has 0 radical (unpaired) electrons. The Bertz CT molecular complexity index is 689. The smallest absolute Gasteiger partial charge is 0.258 e. The maximum atomic E-state index is 12.1. The fraction of sp³-hybridized carbons (Fsp3) is 0.316. The highest BCUT2D eigenvalue weighted by Crippen LogP contribution is 2.17. The van der Waals surface area contributed by atoms with E-state index in [-0.39, 0.29) is 18.6 Å². The second-order valence-electron chi connectivity index (χ2n) is 5.95. The van der Waals surface area contributed by atoms with Crippen LogP contribution >= 0.6 is 15.9 Å². The van der Waals surface area contributed by atoms with Crippen LogP contribution < -0.4 is 19.7 Å². The molecule has 25 heavy (non-hydrogen) atoms. The Morgan fingerprint density at radius 3 is 2.52 bits per heavy atom. The predicted molar refractivity (Wildman–Crippen MR) is 101 cm³/mol. The molecule has 0 aromatic heterocycles. The molecular weight excluding hydrogens is 384 g/mol. The number of rotatable bonds is 8. The van der Waals surface area contributed by atoms with Gasteiger partial charge in [0.15, 0.2) is 6.61 Å². The van der Waals surface area contributed by atoms with Gasteiger partial charge >= 0.3 is 0 Å². The molecule has 0 fully saturated rings. The van der Waals surface area contributed by atoms with Crippen molar-refractivity contribution in [2.75, 3.05) is 34.4 Å². The molecule has 0 bridgehead atoms. The lowest BCUT2D eigenvalue weighted by Gasteiger charge is -2.22. The molecule has 0 unspecified atom stereocenters. The molecule has 2 rings (SSSR count). The van der Waals surface area contributed by atoms with E-state index < -0.39 is 0 Å². The van der Waals surface area contributed by atoms with Crippen LogP contribution in [-0.2, 0) is 4.79 Å². The third kappa shape index (κ3) is 6.07. The quantitative estimate of drug-likeness (QED) is 0.701. The Morgan fingerprint density at radius 2 is 1.88 bits per heavy atom. The van der Waals surface area contributed by atoms with E-state index in [9.17, 15) is 4.79 Å². The summed E-state index contributed by atoms with van der Waals surface area (Å²) in [5.41, 5.74) is 1.12. The molecule has 134 valence electrons. The van der Waals surface area contributed by atoms with Gasteiger partial charge in [-0.1, -0.05) is 28.1 Å². The minimum atomic E-state index is -0.142. The number of hydrogen-bond donors (Lipinski definition) is 2. The Kier molecular flexibility index (Phi) is 7.28. The molecule has 0 spiro atoms. The van der Waals surface area contributed by atoms with Crippen molar-refractivity contribution < 1.29 is 19.2 Å². The first kappa shape index (κ1) is 19.3. The van der Waals surface area contributed by atoms with Gasteiger partial charge in [-0.15, -0.1) is 0 Å². The van der Waals surface area contributed by atoms with Gasteiger partial charge in [-0.25, -0.2) is 0 Å². The highest BCUT2D eigenvalue weighted by molar-refractivity contribution is 9.10. The molecule has 2 aromatic carbocycles. The zero-order valence-electron chi connectivity index (χ0n) is 14.7. The first-order valence-corrected chi connectivity index (χ1v) is 8.88. The van der Waals surface area contributed by atoms with Gasteiger partial charge in [0, 0.05) is 10.0 Å². The summed E-state index contributed by atoms with van der Waals surface area (Å²) in [6.07, 6.45) is 0. The van der Waals surface area contributed by atoms with E-state index in [0.29, 0.717) is 12.3 Å². The third-order valence-corrected chi connectivity index (χ3v) is 4.41. The van der Waals surface area contributed by atoms with Crippen molar-refractivity contribution in [3.63, 3.8) is 0 Å². The highest BCUT2D eigenvalue weighted by Gasteiger charge is 2.19. The number of quaternary nitrogens is 1. The topological polar surface area (TPSA) is 52.0 Å². The summed E-state index contributed by atoms with van der Waals surface area (Å²) < 4.78 is 11.8. The number of carbonyl (C=O) groups excluding carboxylic acids is 1. The van der Waals surface area contributed by atoms with Crippen LogP contribution in [0.2, 0.25) is 0 Å². The van der Waals surface area contributed by atoms with Crippen LogP contribution in [0.25, 0.3) is 0 Å². The second kappa shape index (κ2) is 9.44. The minimum Gasteiger partial charge on any atom is -0.497 e. The largest absolute Gasteiger partial charge is 0.497 e. The summed E-state index contributed by atoms with van der Waals surface area (Å²) in [6.45, 7) is 0.521. The molecule has 1 amide bonds. The van der Waals surface area contributed by atoms with E-state index in [1.807, 2.05) is 48.5 Å². The SMILES string of the molecule is COc1cccc([C@H](CNC(=O)COc2ccc(Br)cc2)[NH+](C)C)c1. The fourth-order valence-corrected chi connectivity index (χ4v) is 2.72. The Balaban J connectivity index is 1.89. The molecule has 1 atom stereocenters. The lowest BCUT2D eigenvalue weighted by atomic mass is 10.1. The number of ether oxygens (including phenoxy) is 2. The summed E-state index contributed by atoms with van der Waals surface area (Å²) in [5.74, 6) is 1.34. The number of benzene rings is 2. The summed E-state index contributed by atoms with van der Waals surface area (Å²) in [5, 5.41) is 2.95. The molecule has 0 aliphatic carbocycles. The van der Waals surface area contributed by atoms with Gasteiger partial charge in [0.05, 0.1) is 27.7 Å². The van der Waals surface area contributed by atoms with Crippen LogP contribution in [0.5, 0.6) is 11.5 Å². The van der Waals surface area contributed by atoms with Gasteiger partial charge in [0.25, 0.3) is 5.91 Å². The molecule has 0 aliphatic heterocycles. The van der Waals surface area contributed by atoms with E-state index in [1.165, 1.54) is 4.90 Å². The maximum Gasteiger partial charge on any atom is 0.258 e. The highest BCUT2D eigenvalue weighted by atomic mass is 79.9. The van der Waals surface area contributed by atoms with E-state index >= 15 is 0 Å². The molecule has 0 heterocycles. The molecule has 0 saturated heterocycles. The second-order valence-corrected chi connectivity index (χ2v) is 6.87. The van der Waals surface area contributed by atoms with Gasteiger partial charge in [-0.05, 0) is 36.4 Å². The molecule has 2 aromatic rings. The standard InChI is InChI=1S/C19H23BrN2O3/c1-22(2)18(14-5-4-6-17(11-14)24-3)12-21-19(23)13-25-16-9-7-15(20)8-10-16/h4-11,18H,12-13H2,1-3H3,(H,21,23)/p+1/t18-/m0/s1. The predicted octanol–water partition coefficient (Wildman–Crippen LogP) is 1.84. The number of methoxy groups -OCH3 is 1. The van der Waals surface area contributed by atoms with Crippen LogP contribution in [-0.4, -0.2) is 40.3 Å². The zero-order chi connectivity index (χ0) is 18.2. The average Bonchev–Trinajstić information content (AvgIpc) is 2.61. The first-order chi connectivity index (χ1) is 12.0. The Labute approximate surface area is 157 Å². The summed E-state index contributed by atoms with van der Waals surface area (Å²) in [7, 11) is 5.78. The summed E-state index contributed by atoms with van der Waals surface area (Å²) >= 11 is 3.37. The maximum absolute atomic E-state index is 12.1. The molecule has 5 nitrogen and oxygen atoms in total. The normalized spacial score (nSPS) is 11.9. The van der Waals surface area contributed by atoms with Gasteiger partial charge in [0.2, 0.25) is 0 Å². The van der Waals surface area contributed by atoms with E-state index in [0.717, 1.165) is 15.8 Å². The van der Waals surface area contributed by atoms with Crippen molar-refractivity contribution in [1.29, 1.82) is 0 Å². The van der Waals surface area contributed by atoms with Crippen LogP contribution in [0.3, 0.4) is 0 Å². The van der Waals surface area contributed by atoms with Gasteiger partial charge in [-0.2, -0.15) is 0 Å².